The van der Waals surface area contributed by atoms with E-state index < -0.39 is 0 Å². The number of halogens is 1. The lowest BCUT2D eigenvalue weighted by Gasteiger charge is -2.01. The summed E-state index contributed by atoms with van der Waals surface area (Å²) in [6.07, 6.45) is 0.956. The molecule has 0 fully saturated rings. The van der Waals surface area contributed by atoms with Crippen LogP contribution in [0.5, 0.6) is 0 Å². The van der Waals surface area contributed by atoms with E-state index in [9.17, 15) is 0 Å². The number of rotatable bonds is 5. The summed E-state index contributed by atoms with van der Waals surface area (Å²) < 4.78 is 4.94. The summed E-state index contributed by atoms with van der Waals surface area (Å²) in [5.41, 5.74) is 0.546. The molecule has 80 valence electrons. The van der Waals surface area contributed by atoms with Crippen LogP contribution in [0, 0.1) is 11.3 Å². The van der Waals surface area contributed by atoms with Crippen molar-refractivity contribution in [2.45, 2.75) is 11.4 Å². The van der Waals surface area contributed by atoms with Gasteiger partial charge in [0.15, 0.2) is 0 Å². The van der Waals surface area contributed by atoms with Crippen molar-refractivity contribution in [1.29, 1.82) is 5.26 Å². The number of nitrogens with zero attached hydrogens (tertiary/aromatic N) is 2. The van der Waals surface area contributed by atoms with Gasteiger partial charge in [-0.3, -0.25) is 0 Å². The molecule has 3 nitrogen and oxygen atoms in total. The summed E-state index contributed by atoms with van der Waals surface area (Å²) in [5.74, 6) is 0.909. The van der Waals surface area contributed by atoms with Gasteiger partial charge in [0.25, 0.3) is 0 Å². The van der Waals surface area contributed by atoms with E-state index in [1.165, 1.54) is 0 Å². The first-order valence-electron chi connectivity index (χ1n) is 4.45. The Labute approximate surface area is 98.4 Å². The highest BCUT2D eigenvalue weighted by Gasteiger charge is 2.01. The molecule has 1 aromatic rings. The predicted molar refractivity (Wildman–Crippen MR) is 61.2 cm³/mol. The van der Waals surface area contributed by atoms with Gasteiger partial charge in [0.2, 0.25) is 0 Å². The van der Waals surface area contributed by atoms with Crippen molar-refractivity contribution < 1.29 is 4.74 Å². The number of pyridine rings is 1. The van der Waals surface area contributed by atoms with Crippen LogP contribution in [0.25, 0.3) is 0 Å². The van der Waals surface area contributed by atoms with E-state index in [0.29, 0.717) is 10.7 Å². The van der Waals surface area contributed by atoms with Crippen molar-refractivity contribution in [3.63, 3.8) is 0 Å². The van der Waals surface area contributed by atoms with Gasteiger partial charge in [-0.1, -0.05) is 11.6 Å². The number of ether oxygens (including phenoxy) is 1. The van der Waals surface area contributed by atoms with Gasteiger partial charge in [-0.25, -0.2) is 4.98 Å². The first kappa shape index (κ1) is 12.3. The maximum Gasteiger partial charge on any atom is 0.131 e. The molecule has 0 spiro atoms. The standard InChI is InChI=1S/C10H11ClN2OS/c1-14-3-2-4-15-10-6-8(7-12)5-9(11)13-10/h5-6H,2-4H2,1H3. The zero-order chi connectivity index (χ0) is 11.1. The van der Waals surface area contributed by atoms with E-state index in [4.69, 9.17) is 21.6 Å². The molecule has 0 aliphatic carbocycles. The summed E-state index contributed by atoms with van der Waals surface area (Å²) in [7, 11) is 1.68. The minimum atomic E-state index is 0.364. The Morgan fingerprint density at radius 3 is 3.07 bits per heavy atom. The second-order valence-electron chi connectivity index (χ2n) is 2.82. The number of thioether (sulfide) groups is 1. The molecule has 1 aromatic heterocycles. The van der Waals surface area contributed by atoms with Crippen LogP contribution in [-0.2, 0) is 4.74 Å². The van der Waals surface area contributed by atoms with E-state index in [0.717, 1.165) is 23.8 Å². The van der Waals surface area contributed by atoms with Crippen LogP contribution in [0.1, 0.15) is 12.0 Å². The molecule has 0 amide bonds. The number of methoxy groups -OCH3 is 1. The molecule has 1 rings (SSSR count). The number of aromatic nitrogens is 1. The summed E-state index contributed by atoms with van der Waals surface area (Å²) >= 11 is 7.35. The second-order valence-corrected chi connectivity index (χ2v) is 4.33. The van der Waals surface area contributed by atoms with E-state index >= 15 is 0 Å². The third-order valence-electron chi connectivity index (χ3n) is 1.64. The Morgan fingerprint density at radius 2 is 2.40 bits per heavy atom. The average Bonchev–Trinajstić information content (AvgIpc) is 2.23. The highest BCUT2D eigenvalue weighted by Crippen LogP contribution is 2.20. The molecular weight excluding hydrogens is 232 g/mol. The third kappa shape index (κ3) is 4.52. The maximum absolute atomic E-state index is 8.73. The highest BCUT2D eigenvalue weighted by molar-refractivity contribution is 7.99. The van der Waals surface area contributed by atoms with Crippen molar-refractivity contribution in [3.8, 4) is 6.07 Å². The Kier molecular flexibility index (Phi) is 5.48. The normalized spacial score (nSPS) is 9.93. The van der Waals surface area contributed by atoms with Crippen molar-refractivity contribution >= 4 is 23.4 Å². The molecule has 1 heterocycles. The molecule has 0 aliphatic rings. The van der Waals surface area contributed by atoms with Crippen LogP contribution in [0.15, 0.2) is 17.2 Å². The maximum atomic E-state index is 8.73. The van der Waals surface area contributed by atoms with Crippen LogP contribution in [0.4, 0.5) is 0 Å². The van der Waals surface area contributed by atoms with Crippen LogP contribution in [0.3, 0.4) is 0 Å². The molecule has 0 aliphatic heterocycles. The number of hydrogen-bond acceptors (Lipinski definition) is 4. The van der Waals surface area contributed by atoms with Gasteiger partial charge >= 0.3 is 0 Å². The number of nitriles is 1. The van der Waals surface area contributed by atoms with E-state index in [2.05, 4.69) is 4.98 Å². The first-order chi connectivity index (χ1) is 7.26. The van der Waals surface area contributed by atoms with E-state index in [-0.39, 0.29) is 0 Å². The van der Waals surface area contributed by atoms with Gasteiger partial charge in [-0.15, -0.1) is 11.8 Å². The van der Waals surface area contributed by atoms with Crippen molar-refractivity contribution in [2.24, 2.45) is 0 Å². The molecule has 15 heavy (non-hydrogen) atoms. The molecule has 0 atom stereocenters. The summed E-state index contributed by atoms with van der Waals surface area (Å²) in [6.45, 7) is 0.735. The fraction of sp³-hybridized carbons (Fsp3) is 0.400. The Morgan fingerprint density at radius 1 is 1.60 bits per heavy atom. The van der Waals surface area contributed by atoms with Crippen molar-refractivity contribution in [3.05, 3.63) is 22.8 Å². The minimum absolute atomic E-state index is 0.364. The Bertz CT molecular complexity index is 365. The minimum Gasteiger partial charge on any atom is -0.385 e. The van der Waals surface area contributed by atoms with Crippen LogP contribution in [0.2, 0.25) is 5.15 Å². The first-order valence-corrected chi connectivity index (χ1v) is 5.82. The predicted octanol–water partition coefficient (Wildman–Crippen LogP) is 2.74. The smallest absolute Gasteiger partial charge is 0.131 e. The van der Waals surface area contributed by atoms with Gasteiger partial charge in [0, 0.05) is 19.5 Å². The molecule has 0 saturated carbocycles. The fourth-order valence-corrected chi connectivity index (χ4v) is 2.09. The lowest BCUT2D eigenvalue weighted by Crippen LogP contribution is -1.91. The molecule has 0 aromatic carbocycles. The summed E-state index contributed by atoms with van der Waals surface area (Å²) in [5, 5.41) is 9.88. The highest BCUT2D eigenvalue weighted by atomic mass is 35.5. The largest absolute Gasteiger partial charge is 0.385 e. The zero-order valence-electron chi connectivity index (χ0n) is 8.36. The van der Waals surface area contributed by atoms with Crippen molar-refractivity contribution in [2.75, 3.05) is 19.5 Å². The Balaban J connectivity index is 2.54. The number of hydrogen-bond donors (Lipinski definition) is 0. The van der Waals surface area contributed by atoms with E-state index in [1.807, 2.05) is 6.07 Å². The molecule has 5 heteroatoms. The average molecular weight is 243 g/mol. The second kappa shape index (κ2) is 6.67. The SMILES string of the molecule is COCCCSc1cc(C#N)cc(Cl)n1. The summed E-state index contributed by atoms with van der Waals surface area (Å²) in [6, 6.07) is 5.34. The molecular formula is C10H11ClN2OS. The quantitative estimate of drug-likeness (QED) is 0.453. The Hall–Kier alpha value is -0.760. The van der Waals surface area contributed by atoms with Crippen LogP contribution >= 0.6 is 23.4 Å². The topological polar surface area (TPSA) is 45.9 Å². The third-order valence-corrected chi connectivity index (χ3v) is 2.83. The summed E-state index contributed by atoms with van der Waals surface area (Å²) in [4.78, 5) is 4.12. The van der Waals surface area contributed by atoms with Gasteiger partial charge in [0.05, 0.1) is 16.7 Å². The van der Waals surface area contributed by atoms with Gasteiger partial charge in [0.1, 0.15) is 5.15 Å². The fourth-order valence-electron chi connectivity index (χ4n) is 0.991. The zero-order valence-corrected chi connectivity index (χ0v) is 9.94. The van der Waals surface area contributed by atoms with Crippen LogP contribution < -0.4 is 0 Å². The molecule has 0 N–H and O–H groups in total. The van der Waals surface area contributed by atoms with Gasteiger partial charge in [-0.2, -0.15) is 5.26 Å². The van der Waals surface area contributed by atoms with E-state index in [1.54, 1.807) is 31.0 Å². The molecule has 0 unspecified atom stereocenters. The van der Waals surface area contributed by atoms with Crippen molar-refractivity contribution in [1.82, 2.24) is 4.98 Å². The lowest BCUT2D eigenvalue weighted by atomic mass is 10.3. The molecule has 0 bridgehead atoms. The van der Waals surface area contributed by atoms with Gasteiger partial charge < -0.3 is 4.74 Å². The molecule has 0 radical (unpaired) electrons. The molecule has 0 saturated heterocycles. The monoisotopic (exact) mass is 242 g/mol. The van der Waals surface area contributed by atoms with Crippen LogP contribution in [-0.4, -0.2) is 24.5 Å². The van der Waals surface area contributed by atoms with Gasteiger partial charge in [-0.05, 0) is 18.6 Å². The lowest BCUT2D eigenvalue weighted by molar-refractivity contribution is 0.200.